The molecule has 0 bridgehead atoms. The van der Waals surface area contributed by atoms with Crippen LogP contribution in [0.25, 0.3) is 0 Å². The summed E-state index contributed by atoms with van der Waals surface area (Å²) in [5, 5.41) is 9.64. The van der Waals surface area contributed by atoms with Crippen molar-refractivity contribution >= 4 is 11.9 Å². The van der Waals surface area contributed by atoms with E-state index in [9.17, 15) is 23.5 Å². The number of fused-ring (bicyclic) bond motifs is 1. The van der Waals surface area contributed by atoms with E-state index in [4.69, 9.17) is 4.74 Å². The number of carbonyl (C=O) groups excluding carboxylic acids is 1. The zero-order valence-electron chi connectivity index (χ0n) is 14.0. The van der Waals surface area contributed by atoms with Gasteiger partial charge in [0.2, 0.25) is 5.91 Å². The number of carboxylic acids is 1. The second-order valence-corrected chi connectivity index (χ2v) is 7.03. The van der Waals surface area contributed by atoms with Crippen LogP contribution in [0.4, 0.5) is 8.78 Å². The maximum Gasteiger partial charge on any atom is 0.311 e. The molecule has 7 heteroatoms. The summed E-state index contributed by atoms with van der Waals surface area (Å²) in [4.78, 5) is 25.9. The van der Waals surface area contributed by atoms with E-state index in [2.05, 4.69) is 0 Å². The summed E-state index contributed by atoms with van der Waals surface area (Å²) in [6.45, 7) is 2.91. The number of carboxylic acid groups (broad SMARTS) is 1. The molecule has 0 aromatic heterocycles. The topological polar surface area (TPSA) is 66.8 Å². The van der Waals surface area contributed by atoms with Gasteiger partial charge in [0, 0.05) is 38.1 Å². The highest BCUT2D eigenvalue weighted by molar-refractivity contribution is 5.81. The fraction of sp³-hybridized carbons (Fsp3) is 0.556. The predicted molar refractivity (Wildman–Crippen MR) is 85.0 cm³/mol. The highest BCUT2D eigenvalue weighted by Gasteiger charge is 2.54. The molecule has 0 spiro atoms. The minimum absolute atomic E-state index is 0.0474. The van der Waals surface area contributed by atoms with Crippen molar-refractivity contribution in [1.82, 2.24) is 4.90 Å². The van der Waals surface area contributed by atoms with Crippen LogP contribution >= 0.6 is 0 Å². The van der Waals surface area contributed by atoms with Crippen molar-refractivity contribution in [1.29, 1.82) is 0 Å². The van der Waals surface area contributed by atoms with E-state index in [1.165, 1.54) is 12.1 Å². The monoisotopic (exact) mass is 353 g/mol. The predicted octanol–water partition coefficient (Wildman–Crippen LogP) is 2.41. The fourth-order valence-corrected chi connectivity index (χ4v) is 3.89. The Labute approximate surface area is 144 Å². The van der Waals surface area contributed by atoms with Gasteiger partial charge in [0.25, 0.3) is 0 Å². The van der Waals surface area contributed by atoms with Crippen LogP contribution in [0.3, 0.4) is 0 Å². The smallest absolute Gasteiger partial charge is 0.311 e. The molecule has 2 saturated heterocycles. The Kier molecular flexibility index (Phi) is 4.77. The van der Waals surface area contributed by atoms with Crippen molar-refractivity contribution in [3.8, 4) is 0 Å². The minimum Gasteiger partial charge on any atom is -0.481 e. The first-order chi connectivity index (χ1) is 11.8. The molecule has 25 heavy (non-hydrogen) atoms. The van der Waals surface area contributed by atoms with Crippen LogP contribution in [0.1, 0.15) is 31.2 Å². The maximum atomic E-state index is 13.9. The van der Waals surface area contributed by atoms with Crippen molar-refractivity contribution in [3.63, 3.8) is 0 Å². The minimum atomic E-state index is -0.946. The molecule has 1 amide bonds. The van der Waals surface area contributed by atoms with Gasteiger partial charge in [0.15, 0.2) is 0 Å². The van der Waals surface area contributed by atoms with E-state index < -0.39 is 28.9 Å². The van der Waals surface area contributed by atoms with E-state index in [0.717, 1.165) is 6.07 Å². The van der Waals surface area contributed by atoms with Gasteiger partial charge >= 0.3 is 5.97 Å². The van der Waals surface area contributed by atoms with Crippen LogP contribution in [0, 0.1) is 23.0 Å². The van der Waals surface area contributed by atoms with Gasteiger partial charge in [-0.05, 0) is 24.0 Å². The van der Waals surface area contributed by atoms with E-state index in [1.807, 2.05) is 0 Å². The standard InChI is InChI=1S/C18H21F2NO4/c1-11(14-3-2-13(19)7-15(14)20)6-16(22)21-8-12-9-25-5-4-18(12,10-21)17(23)24/h2-3,7,11-12H,4-6,8-10H2,1H3,(H,23,24)/t11?,12-,18+/m0/s1. The number of likely N-dealkylation sites (tertiary alicyclic amines) is 1. The van der Waals surface area contributed by atoms with Crippen molar-refractivity contribution < 1.29 is 28.2 Å². The van der Waals surface area contributed by atoms with Gasteiger partial charge < -0.3 is 14.7 Å². The highest BCUT2D eigenvalue weighted by Crippen LogP contribution is 2.43. The summed E-state index contributed by atoms with van der Waals surface area (Å²) in [7, 11) is 0. The molecule has 1 unspecified atom stereocenters. The highest BCUT2D eigenvalue weighted by atomic mass is 19.1. The fourth-order valence-electron chi connectivity index (χ4n) is 3.89. The zero-order valence-corrected chi connectivity index (χ0v) is 14.0. The molecule has 3 atom stereocenters. The second-order valence-electron chi connectivity index (χ2n) is 7.03. The molecule has 5 nitrogen and oxygen atoms in total. The van der Waals surface area contributed by atoms with Crippen LogP contribution in [-0.4, -0.2) is 48.2 Å². The summed E-state index contributed by atoms with van der Waals surface area (Å²) in [5.41, 5.74) is -0.666. The molecule has 1 aromatic rings. The number of hydrogen-bond donors (Lipinski definition) is 1. The average Bonchev–Trinajstić information content (AvgIpc) is 2.95. The zero-order chi connectivity index (χ0) is 18.2. The summed E-state index contributed by atoms with van der Waals surface area (Å²) in [6, 6.07) is 3.32. The molecule has 136 valence electrons. The normalized spacial score (nSPS) is 27.0. The number of ether oxygens (including phenoxy) is 1. The number of carbonyl (C=O) groups is 2. The molecule has 3 rings (SSSR count). The number of amides is 1. The number of hydrogen-bond acceptors (Lipinski definition) is 3. The van der Waals surface area contributed by atoms with Gasteiger partial charge in [-0.3, -0.25) is 9.59 Å². The number of nitrogens with zero attached hydrogens (tertiary/aromatic N) is 1. The van der Waals surface area contributed by atoms with Crippen molar-refractivity contribution in [3.05, 3.63) is 35.4 Å². The lowest BCUT2D eigenvalue weighted by molar-refractivity contribution is -0.157. The first-order valence-electron chi connectivity index (χ1n) is 8.37. The first-order valence-corrected chi connectivity index (χ1v) is 8.37. The number of halogens is 2. The molecule has 2 heterocycles. The van der Waals surface area contributed by atoms with E-state index >= 15 is 0 Å². The van der Waals surface area contributed by atoms with E-state index in [1.54, 1.807) is 11.8 Å². The average molecular weight is 353 g/mol. The molecular formula is C18H21F2NO4. The third-order valence-corrected chi connectivity index (χ3v) is 5.46. The Bertz CT molecular complexity index is 696. The maximum absolute atomic E-state index is 13.9. The SMILES string of the molecule is CC(CC(=O)N1C[C@H]2COCC[C@@]2(C(=O)O)C1)c1ccc(F)cc1F. The van der Waals surface area contributed by atoms with Crippen LogP contribution in [0.15, 0.2) is 18.2 Å². The lowest BCUT2D eigenvalue weighted by atomic mass is 9.74. The first kappa shape index (κ1) is 17.8. The van der Waals surface area contributed by atoms with Crippen LogP contribution in [0.5, 0.6) is 0 Å². The summed E-state index contributed by atoms with van der Waals surface area (Å²) < 4.78 is 32.3. The molecule has 2 fully saturated rings. The molecule has 1 aromatic carbocycles. The third-order valence-electron chi connectivity index (χ3n) is 5.46. The molecule has 1 N–H and O–H groups in total. The number of benzene rings is 1. The molecule has 2 aliphatic heterocycles. The lowest BCUT2D eigenvalue weighted by Gasteiger charge is -2.33. The Morgan fingerprint density at radius 2 is 2.20 bits per heavy atom. The molecule has 0 saturated carbocycles. The third kappa shape index (κ3) is 3.25. The van der Waals surface area contributed by atoms with Crippen molar-refractivity contribution in [2.45, 2.75) is 25.7 Å². The largest absolute Gasteiger partial charge is 0.481 e. The van der Waals surface area contributed by atoms with Gasteiger partial charge in [0.1, 0.15) is 11.6 Å². The Balaban J connectivity index is 1.70. The lowest BCUT2D eigenvalue weighted by Crippen LogP contribution is -2.45. The van der Waals surface area contributed by atoms with Crippen LogP contribution < -0.4 is 0 Å². The summed E-state index contributed by atoms with van der Waals surface area (Å²) in [5.74, 6) is -3.09. The van der Waals surface area contributed by atoms with Crippen LogP contribution in [-0.2, 0) is 14.3 Å². The van der Waals surface area contributed by atoms with Gasteiger partial charge in [0.05, 0.1) is 12.0 Å². The van der Waals surface area contributed by atoms with Crippen molar-refractivity contribution in [2.75, 3.05) is 26.3 Å². The quantitative estimate of drug-likeness (QED) is 0.903. The molecule has 2 aliphatic rings. The van der Waals surface area contributed by atoms with E-state index in [-0.39, 0.29) is 30.4 Å². The molecule has 0 radical (unpaired) electrons. The van der Waals surface area contributed by atoms with Crippen LogP contribution in [0.2, 0.25) is 0 Å². The van der Waals surface area contributed by atoms with E-state index in [0.29, 0.717) is 26.2 Å². The van der Waals surface area contributed by atoms with Crippen molar-refractivity contribution in [2.24, 2.45) is 11.3 Å². The Hall–Kier alpha value is -2.02. The Morgan fingerprint density at radius 1 is 1.44 bits per heavy atom. The van der Waals surface area contributed by atoms with Gasteiger partial charge in [-0.15, -0.1) is 0 Å². The summed E-state index contributed by atoms with van der Waals surface area (Å²) in [6.07, 6.45) is 0.435. The number of rotatable bonds is 4. The van der Waals surface area contributed by atoms with Gasteiger partial charge in [-0.2, -0.15) is 0 Å². The molecular weight excluding hydrogens is 332 g/mol. The molecule has 0 aliphatic carbocycles. The van der Waals surface area contributed by atoms with Gasteiger partial charge in [-0.25, -0.2) is 8.78 Å². The second kappa shape index (κ2) is 6.71. The van der Waals surface area contributed by atoms with Gasteiger partial charge in [-0.1, -0.05) is 13.0 Å². The summed E-state index contributed by atoms with van der Waals surface area (Å²) >= 11 is 0. The number of aliphatic carboxylic acids is 1. The Morgan fingerprint density at radius 3 is 2.84 bits per heavy atom.